The smallest absolute Gasteiger partial charge is 0.323 e. The van der Waals surface area contributed by atoms with Crippen molar-refractivity contribution in [1.82, 2.24) is 14.7 Å². The molecule has 0 unspecified atom stereocenters. The number of aromatic nitrogens is 2. The zero-order valence-corrected chi connectivity index (χ0v) is 15.7. The molecule has 2 aliphatic rings. The minimum absolute atomic E-state index is 0.0307. The van der Waals surface area contributed by atoms with Gasteiger partial charge < -0.3 is 10.0 Å². The van der Waals surface area contributed by atoms with Gasteiger partial charge in [0.1, 0.15) is 0 Å². The third kappa shape index (κ3) is 2.96. The maximum atomic E-state index is 12.7. The number of nitrogens with zero attached hydrogens (tertiary/aromatic N) is 3. The number of carbonyl (C=O) groups is 2. The number of likely N-dealkylation sites (tertiary alicyclic amines) is 1. The quantitative estimate of drug-likeness (QED) is 0.841. The fourth-order valence-electron chi connectivity index (χ4n) is 4.39. The minimum atomic E-state index is -0.792. The molecule has 7 nitrogen and oxygen atoms in total. The average molecular weight is 389 g/mol. The van der Waals surface area contributed by atoms with Crippen LogP contribution in [0.5, 0.6) is 0 Å². The number of urea groups is 1. The lowest BCUT2D eigenvalue weighted by Gasteiger charge is -2.23. The van der Waals surface area contributed by atoms with Crippen LogP contribution >= 0.6 is 11.6 Å². The fourth-order valence-corrected chi connectivity index (χ4v) is 4.60. The minimum Gasteiger partial charge on any atom is -0.481 e. The second-order valence-corrected chi connectivity index (χ2v) is 7.80. The van der Waals surface area contributed by atoms with Crippen molar-refractivity contribution in [2.45, 2.75) is 26.2 Å². The van der Waals surface area contributed by atoms with Crippen LogP contribution in [0.1, 0.15) is 25.0 Å². The van der Waals surface area contributed by atoms with Crippen molar-refractivity contribution in [3.8, 4) is 5.69 Å². The number of para-hydroxylation sites is 1. The van der Waals surface area contributed by atoms with E-state index in [1.165, 1.54) is 0 Å². The molecule has 1 aliphatic carbocycles. The van der Waals surface area contributed by atoms with Crippen molar-refractivity contribution in [3.05, 3.63) is 41.0 Å². The number of benzene rings is 1. The molecule has 0 radical (unpaired) electrons. The first-order valence-corrected chi connectivity index (χ1v) is 9.39. The second kappa shape index (κ2) is 6.56. The molecule has 2 atom stereocenters. The summed E-state index contributed by atoms with van der Waals surface area (Å²) in [6.45, 7) is 2.61. The molecule has 1 saturated carbocycles. The third-order valence-corrected chi connectivity index (χ3v) is 6.11. The standard InChI is InChI=1S/C19H21ClN4O3/c1-12-9-16(22-24(12)15-7-3-2-6-14(15)20)21-18(27)23-10-13-5-4-8-19(13,11-23)17(25)26/h2-3,6-7,9,13H,4-5,8,10-11H2,1H3,(H,25,26)(H,21,22,27)/t13-,19+/m0/s1. The summed E-state index contributed by atoms with van der Waals surface area (Å²) < 4.78 is 1.68. The van der Waals surface area contributed by atoms with E-state index in [1.807, 2.05) is 25.1 Å². The van der Waals surface area contributed by atoms with Crippen LogP contribution < -0.4 is 5.32 Å². The molecule has 0 spiro atoms. The number of aryl methyl sites for hydroxylation is 1. The molecular weight excluding hydrogens is 368 g/mol. The van der Waals surface area contributed by atoms with Crippen molar-refractivity contribution in [1.29, 1.82) is 0 Å². The normalized spacial score (nSPS) is 24.1. The van der Waals surface area contributed by atoms with Crippen molar-refractivity contribution in [2.75, 3.05) is 18.4 Å². The maximum absolute atomic E-state index is 12.7. The molecule has 142 valence electrons. The highest BCUT2D eigenvalue weighted by Gasteiger charge is 2.55. The summed E-state index contributed by atoms with van der Waals surface area (Å²) in [6.07, 6.45) is 2.40. The number of amides is 2. The molecule has 27 heavy (non-hydrogen) atoms. The van der Waals surface area contributed by atoms with E-state index in [0.29, 0.717) is 23.8 Å². The van der Waals surface area contributed by atoms with E-state index in [4.69, 9.17) is 11.6 Å². The SMILES string of the molecule is Cc1cc(NC(=O)N2C[C@@H]3CCC[C@@]3(C(=O)O)C2)nn1-c1ccccc1Cl. The van der Waals surface area contributed by atoms with Crippen LogP contribution in [-0.4, -0.2) is 44.9 Å². The van der Waals surface area contributed by atoms with E-state index in [-0.39, 0.29) is 18.5 Å². The molecular formula is C19H21ClN4O3. The summed E-state index contributed by atoms with van der Waals surface area (Å²) in [4.78, 5) is 26.1. The Morgan fingerprint density at radius 1 is 1.37 bits per heavy atom. The molecule has 4 rings (SSSR count). The van der Waals surface area contributed by atoms with Crippen LogP contribution in [-0.2, 0) is 4.79 Å². The summed E-state index contributed by atoms with van der Waals surface area (Å²) in [5.74, 6) is -0.346. The highest BCUT2D eigenvalue weighted by molar-refractivity contribution is 6.32. The van der Waals surface area contributed by atoms with Gasteiger partial charge in [0.25, 0.3) is 0 Å². The molecule has 0 bridgehead atoms. The Morgan fingerprint density at radius 3 is 2.85 bits per heavy atom. The number of hydrogen-bond donors (Lipinski definition) is 2. The van der Waals surface area contributed by atoms with E-state index in [2.05, 4.69) is 10.4 Å². The van der Waals surface area contributed by atoms with E-state index in [9.17, 15) is 14.7 Å². The number of anilines is 1. The maximum Gasteiger partial charge on any atom is 0.323 e. The zero-order chi connectivity index (χ0) is 19.2. The van der Waals surface area contributed by atoms with Gasteiger partial charge in [0.05, 0.1) is 16.1 Å². The van der Waals surface area contributed by atoms with Gasteiger partial charge >= 0.3 is 12.0 Å². The van der Waals surface area contributed by atoms with Crippen LogP contribution in [0.4, 0.5) is 10.6 Å². The number of aliphatic carboxylic acids is 1. The van der Waals surface area contributed by atoms with Crippen LogP contribution in [0, 0.1) is 18.3 Å². The number of nitrogens with one attached hydrogen (secondary N) is 1. The molecule has 2 N–H and O–H groups in total. The Hall–Kier alpha value is -2.54. The van der Waals surface area contributed by atoms with Gasteiger partial charge in [-0.05, 0) is 37.8 Å². The lowest BCUT2D eigenvalue weighted by atomic mass is 9.81. The monoisotopic (exact) mass is 388 g/mol. The molecule has 1 aliphatic heterocycles. The summed E-state index contributed by atoms with van der Waals surface area (Å²) in [6, 6.07) is 8.81. The predicted molar refractivity (Wildman–Crippen MR) is 101 cm³/mol. The van der Waals surface area contributed by atoms with Gasteiger partial charge in [0.15, 0.2) is 5.82 Å². The second-order valence-electron chi connectivity index (χ2n) is 7.40. The number of rotatable bonds is 3. The van der Waals surface area contributed by atoms with Crippen LogP contribution in [0.3, 0.4) is 0 Å². The van der Waals surface area contributed by atoms with E-state index < -0.39 is 11.4 Å². The molecule has 1 aromatic heterocycles. The fraction of sp³-hybridized carbons (Fsp3) is 0.421. The van der Waals surface area contributed by atoms with Gasteiger partial charge in [0.2, 0.25) is 0 Å². The van der Waals surface area contributed by atoms with Crippen molar-refractivity contribution < 1.29 is 14.7 Å². The molecule has 2 amide bonds. The first-order chi connectivity index (χ1) is 12.9. The highest BCUT2D eigenvalue weighted by atomic mass is 35.5. The van der Waals surface area contributed by atoms with Gasteiger partial charge in [-0.3, -0.25) is 10.1 Å². The van der Waals surface area contributed by atoms with Gasteiger partial charge in [-0.1, -0.05) is 30.2 Å². The first-order valence-electron chi connectivity index (χ1n) is 9.01. The lowest BCUT2D eigenvalue weighted by molar-refractivity contribution is -0.149. The number of hydrogen-bond acceptors (Lipinski definition) is 3. The van der Waals surface area contributed by atoms with Crippen LogP contribution in [0.2, 0.25) is 5.02 Å². The van der Waals surface area contributed by atoms with Crippen LogP contribution in [0.15, 0.2) is 30.3 Å². The van der Waals surface area contributed by atoms with Gasteiger partial charge in [-0.2, -0.15) is 0 Å². The molecule has 2 aromatic rings. The Kier molecular flexibility index (Phi) is 4.34. The number of halogens is 1. The van der Waals surface area contributed by atoms with E-state index in [0.717, 1.165) is 24.2 Å². The topological polar surface area (TPSA) is 87.5 Å². The third-order valence-electron chi connectivity index (χ3n) is 5.79. The van der Waals surface area contributed by atoms with Gasteiger partial charge in [-0.25, -0.2) is 9.48 Å². The number of carboxylic acid groups (broad SMARTS) is 1. The zero-order valence-electron chi connectivity index (χ0n) is 15.0. The van der Waals surface area contributed by atoms with E-state index in [1.54, 1.807) is 21.7 Å². The van der Waals surface area contributed by atoms with Gasteiger partial charge in [0, 0.05) is 24.8 Å². The summed E-state index contributed by atoms with van der Waals surface area (Å²) >= 11 is 6.24. The molecule has 2 heterocycles. The summed E-state index contributed by atoms with van der Waals surface area (Å²) in [5, 5.41) is 17.5. The number of fused-ring (bicyclic) bond motifs is 1. The van der Waals surface area contributed by atoms with Gasteiger partial charge in [-0.15, -0.1) is 5.10 Å². The highest BCUT2D eigenvalue weighted by Crippen LogP contribution is 2.48. The molecule has 8 heteroatoms. The van der Waals surface area contributed by atoms with Crippen molar-refractivity contribution in [3.63, 3.8) is 0 Å². The van der Waals surface area contributed by atoms with Crippen LogP contribution in [0.25, 0.3) is 5.69 Å². The van der Waals surface area contributed by atoms with Crippen molar-refractivity contribution >= 4 is 29.4 Å². The van der Waals surface area contributed by atoms with Crippen molar-refractivity contribution in [2.24, 2.45) is 11.3 Å². The molecule has 2 fully saturated rings. The predicted octanol–water partition coefficient (Wildman–Crippen LogP) is 3.55. The average Bonchev–Trinajstić information content (AvgIpc) is 3.28. The Labute approximate surface area is 161 Å². The first kappa shape index (κ1) is 17.9. The molecule has 1 saturated heterocycles. The molecule has 1 aromatic carbocycles. The Morgan fingerprint density at radius 2 is 2.15 bits per heavy atom. The number of carbonyl (C=O) groups excluding carboxylic acids is 1. The lowest BCUT2D eigenvalue weighted by Crippen LogP contribution is -2.38. The Bertz CT molecular complexity index is 912. The summed E-state index contributed by atoms with van der Waals surface area (Å²) in [5.41, 5.74) is 0.779. The largest absolute Gasteiger partial charge is 0.481 e. The number of carboxylic acids is 1. The summed E-state index contributed by atoms with van der Waals surface area (Å²) in [7, 11) is 0. The van der Waals surface area contributed by atoms with E-state index >= 15 is 0 Å². The Balaban J connectivity index is 1.51.